The van der Waals surface area contributed by atoms with Crippen LogP contribution in [0, 0.1) is 12.3 Å². The zero-order valence-electron chi connectivity index (χ0n) is 15.9. The summed E-state index contributed by atoms with van der Waals surface area (Å²) in [7, 11) is 4.05. The molecule has 1 aliphatic heterocycles. The first-order valence-corrected chi connectivity index (χ1v) is 9.54. The Labute approximate surface area is 151 Å². The second kappa shape index (κ2) is 7.08. The number of likely N-dealkylation sites (N-methyl/N-ethyl adjacent to an activating group) is 1. The molecule has 1 aromatic carbocycles. The van der Waals surface area contributed by atoms with Gasteiger partial charge in [0.15, 0.2) is 0 Å². The van der Waals surface area contributed by atoms with Crippen molar-refractivity contribution in [2.75, 3.05) is 33.7 Å². The molecule has 1 aromatic rings. The highest BCUT2D eigenvalue weighted by Crippen LogP contribution is 2.47. The summed E-state index contributed by atoms with van der Waals surface area (Å²) < 4.78 is 0. The van der Waals surface area contributed by atoms with Gasteiger partial charge >= 0.3 is 0 Å². The number of likely N-dealkylation sites (tertiary alicyclic amines) is 1. The van der Waals surface area contributed by atoms with E-state index in [1.54, 1.807) is 0 Å². The smallest absolute Gasteiger partial charge is 0.253 e. The first-order valence-electron chi connectivity index (χ1n) is 9.54. The van der Waals surface area contributed by atoms with Crippen molar-refractivity contribution in [2.45, 2.75) is 51.0 Å². The summed E-state index contributed by atoms with van der Waals surface area (Å²) in [5.74, 6) is 0.165. The molecule has 0 aromatic heterocycles. The zero-order chi connectivity index (χ0) is 18.1. The Morgan fingerprint density at radius 2 is 1.76 bits per heavy atom. The number of hydrogen-bond acceptors (Lipinski definition) is 3. The first kappa shape index (κ1) is 18.4. The highest BCUT2D eigenvalue weighted by Gasteiger charge is 2.43. The number of benzene rings is 1. The Kier molecular flexibility index (Phi) is 5.21. The van der Waals surface area contributed by atoms with Crippen molar-refractivity contribution in [3.05, 3.63) is 35.4 Å². The number of aryl methyl sites for hydroxylation is 1. The van der Waals surface area contributed by atoms with E-state index >= 15 is 0 Å². The van der Waals surface area contributed by atoms with E-state index in [4.69, 9.17) is 0 Å². The first-order chi connectivity index (χ1) is 11.8. The van der Waals surface area contributed by atoms with Crippen molar-refractivity contribution in [2.24, 2.45) is 5.41 Å². The summed E-state index contributed by atoms with van der Waals surface area (Å²) in [4.78, 5) is 16.8. The van der Waals surface area contributed by atoms with Crippen molar-refractivity contribution in [3.8, 4) is 0 Å². The number of carbonyl (C=O) groups is 1. The molecule has 1 saturated carbocycles. The van der Waals surface area contributed by atoms with Gasteiger partial charge in [0.25, 0.3) is 5.91 Å². The average molecular weight is 344 g/mol. The molecule has 4 nitrogen and oxygen atoms in total. The lowest BCUT2D eigenvalue weighted by Gasteiger charge is -2.48. The van der Waals surface area contributed by atoms with E-state index in [1.165, 1.54) is 0 Å². The minimum Gasteiger partial charge on any atom is -0.389 e. The van der Waals surface area contributed by atoms with Gasteiger partial charge in [-0.15, -0.1) is 0 Å². The fourth-order valence-electron chi connectivity index (χ4n) is 4.64. The number of piperidine rings is 1. The van der Waals surface area contributed by atoms with E-state index in [2.05, 4.69) is 4.90 Å². The molecule has 2 fully saturated rings. The Morgan fingerprint density at radius 1 is 1.12 bits per heavy atom. The van der Waals surface area contributed by atoms with Crippen LogP contribution in [0.3, 0.4) is 0 Å². The fraction of sp³-hybridized carbons (Fsp3) is 0.667. The molecule has 0 unspecified atom stereocenters. The summed E-state index contributed by atoms with van der Waals surface area (Å²) in [6.07, 6.45) is 6.09. The average Bonchev–Trinajstić information content (AvgIpc) is 2.57. The molecule has 0 atom stereocenters. The fourth-order valence-corrected chi connectivity index (χ4v) is 4.64. The van der Waals surface area contributed by atoms with Gasteiger partial charge in [0, 0.05) is 25.2 Å². The number of hydrogen-bond donors (Lipinski definition) is 1. The molecule has 25 heavy (non-hydrogen) atoms. The molecule has 1 saturated heterocycles. The molecule has 0 radical (unpaired) electrons. The largest absolute Gasteiger partial charge is 0.389 e. The lowest BCUT2D eigenvalue weighted by molar-refractivity contribution is -0.0615. The van der Waals surface area contributed by atoms with Gasteiger partial charge in [-0.1, -0.05) is 17.7 Å². The van der Waals surface area contributed by atoms with Crippen LogP contribution >= 0.6 is 0 Å². The minimum absolute atomic E-state index is 0.165. The van der Waals surface area contributed by atoms with Gasteiger partial charge < -0.3 is 14.9 Å². The normalized spacial score (nSPS) is 22.4. The maximum atomic E-state index is 12.7. The van der Waals surface area contributed by atoms with Crippen molar-refractivity contribution >= 4 is 5.91 Å². The standard InChI is InChI=1S/C21H32N2O2/c1-17-5-4-6-18(15-17)19(24)23-13-11-20(12-14-23)7-9-21(25,10-8-20)16-22(2)3/h4-6,15,25H,7-14,16H2,1-3H3. The number of amides is 1. The van der Waals surface area contributed by atoms with E-state index in [0.717, 1.165) is 69.3 Å². The third kappa shape index (κ3) is 4.24. The van der Waals surface area contributed by atoms with Crippen LogP contribution in [0.4, 0.5) is 0 Å². The van der Waals surface area contributed by atoms with Gasteiger partial charge in [0.1, 0.15) is 0 Å². The van der Waals surface area contributed by atoms with Crippen LogP contribution in [0.5, 0.6) is 0 Å². The summed E-state index contributed by atoms with van der Waals surface area (Å²) in [6, 6.07) is 7.88. The van der Waals surface area contributed by atoms with E-state index in [0.29, 0.717) is 5.41 Å². The van der Waals surface area contributed by atoms with Gasteiger partial charge in [-0.05, 0) is 77.1 Å². The minimum atomic E-state index is -0.525. The molecule has 1 spiro atoms. The van der Waals surface area contributed by atoms with Crippen LogP contribution in [0.1, 0.15) is 54.4 Å². The monoisotopic (exact) mass is 344 g/mol. The van der Waals surface area contributed by atoms with Gasteiger partial charge in [0.05, 0.1) is 5.60 Å². The number of nitrogens with zero attached hydrogens (tertiary/aromatic N) is 2. The molecule has 2 aliphatic rings. The van der Waals surface area contributed by atoms with Crippen molar-refractivity contribution < 1.29 is 9.90 Å². The van der Waals surface area contributed by atoms with Crippen LogP contribution in [0.2, 0.25) is 0 Å². The van der Waals surface area contributed by atoms with Crippen LogP contribution in [0.25, 0.3) is 0 Å². The topological polar surface area (TPSA) is 43.8 Å². The summed E-state index contributed by atoms with van der Waals surface area (Å²) in [5, 5.41) is 10.8. The van der Waals surface area contributed by atoms with Crippen LogP contribution in [-0.2, 0) is 0 Å². The Balaban J connectivity index is 1.56. The van der Waals surface area contributed by atoms with Crippen LogP contribution in [0.15, 0.2) is 24.3 Å². The Hall–Kier alpha value is -1.39. The van der Waals surface area contributed by atoms with Crippen molar-refractivity contribution in [1.82, 2.24) is 9.80 Å². The molecule has 4 heteroatoms. The molecule has 1 amide bonds. The van der Waals surface area contributed by atoms with E-state index in [9.17, 15) is 9.90 Å². The Bertz CT molecular complexity index is 608. The third-order valence-electron chi connectivity index (χ3n) is 6.23. The summed E-state index contributed by atoms with van der Waals surface area (Å²) >= 11 is 0. The van der Waals surface area contributed by atoms with Crippen molar-refractivity contribution in [1.29, 1.82) is 0 Å². The molecule has 1 heterocycles. The summed E-state index contributed by atoms with van der Waals surface area (Å²) in [6.45, 7) is 4.47. The zero-order valence-corrected chi connectivity index (χ0v) is 15.9. The molecule has 1 N–H and O–H groups in total. The second-order valence-electron chi connectivity index (χ2n) is 8.62. The molecule has 3 rings (SSSR count). The number of rotatable bonds is 3. The van der Waals surface area contributed by atoms with Gasteiger partial charge in [-0.3, -0.25) is 4.79 Å². The predicted octanol–water partition coefficient (Wildman–Crippen LogP) is 3.08. The van der Waals surface area contributed by atoms with Gasteiger partial charge in [0.2, 0.25) is 0 Å². The highest BCUT2D eigenvalue weighted by molar-refractivity contribution is 5.94. The van der Waals surface area contributed by atoms with Gasteiger partial charge in [-0.2, -0.15) is 0 Å². The SMILES string of the molecule is Cc1cccc(C(=O)N2CCC3(CC2)CCC(O)(CN(C)C)CC3)c1. The Morgan fingerprint density at radius 3 is 2.32 bits per heavy atom. The maximum absolute atomic E-state index is 12.7. The lowest BCUT2D eigenvalue weighted by atomic mass is 9.64. The molecule has 0 bridgehead atoms. The van der Waals surface area contributed by atoms with E-state index in [1.807, 2.05) is 50.2 Å². The number of carbonyl (C=O) groups excluding carboxylic acids is 1. The maximum Gasteiger partial charge on any atom is 0.253 e. The van der Waals surface area contributed by atoms with Gasteiger partial charge in [-0.25, -0.2) is 0 Å². The quantitative estimate of drug-likeness (QED) is 0.916. The number of aliphatic hydroxyl groups is 1. The molecule has 1 aliphatic carbocycles. The van der Waals surface area contributed by atoms with Crippen molar-refractivity contribution in [3.63, 3.8) is 0 Å². The summed E-state index contributed by atoms with van der Waals surface area (Å²) in [5.41, 5.74) is 1.75. The molecule has 138 valence electrons. The van der Waals surface area contributed by atoms with Crippen LogP contribution in [-0.4, -0.2) is 60.1 Å². The van der Waals surface area contributed by atoms with E-state index in [-0.39, 0.29) is 5.91 Å². The lowest BCUT2D eigenvalue weighted by Crippen LogP contribution is -2.49. The second-order valence-corrected chi connectivity index (χ2v) is 8.62. The predicted molar refractivity (Wildman–Crippen MR) is 101 cm³/mol. The van der Waals surface area contributed by atoms with E-state index < -0.39 is 5.60 Å². The van der Waals surface area contributed by atoms with Crippen LogP contribution < -0.4 is 0 Å². The molecular weight excluding hydrogens is 312 g/mol. The highest BCUT2D eigenvalue weighted by atomic mass is 16.3. The third-order valence-corrected chi connectivity index (χ3v) is 6.23. The molecular formula is C21H32N2O2.